The Balaban J connectivity index is 1.32. The number of benzene rings is 1. The maximum Gasteiger partial charge on any atom is 0.338 e. The Hall–Kier alpha value is -2.30. The molecule has 5 nitrogen and oxygen atoms in total. The van der Waals surface area contributed by atoms with Gasteiger partial charge >= 0.3 is 5.97 Å². The number of ether oxygens (including phenoxy) is 1. The molecule has 31 heavy (non-hydrogen) atoms. The van der Waals surface area contributed by atoms with E-state index in [1.807, 2.05) is 0 Å². The Kier molecular flexibility index (Phi) is 4.91. The molecule has 5 rings (SSSR count). The number of hydrogen-bond acceptors (Lipinski definition) is 5. The molecule has 3 N–H and O–H groups in total. The van der Waals surface area contributed by atoms with Crippen LogP contribution in [0.4, 0.5) is 5.69 Å². The van der Waals surface area contributed by atoms with E-state index in [1.165, 1.54) is 12.0 Å². The Morgan fingerprint density at radius 1 is 1.10 bits per heavy atom. The molecular weight excluding hydrogens is 388 g/mol. The van der Waals surface area contributed by atoms with E-state index in [2.05, 4.69) is 25.1 Å². The molecule has 5 heteroatoms. The lowest BCUT2D eigenvalue weighted by atomic mass is 9.48. The zero-order valence-corrected chi connectivity index (χ0v) is 18.6. The Morgan fingerprint density at radius 3 is 2.55 bits per heavy atom. The number of allylic oxidation sites excluding steroid dienone is 1. The first-order valence-electron chi connectivity index (χ1n) is 11.8. The van der Waals surface area contributed by atoms with Gasteiger partial charge in [0.2, 0.25) is 0 Å². The van der Waals surface area contributed by atoms with Crippen LogP contribution in [0.25, 0.3) is 0 Å². The topological polar surface area (TPSA) is 84.9 Å². The highest BCUT2D eigenvalue weighted by Gasteiger charge is 2.58. The number of fused-ring (bicyclic) bond motifs is 5. The largest absolute Gasteiger partial charge is 0.458 e. The predicted octanol–water partition coefficient (Wildman–Crippen LogP) is 5.59. The van der Waals surface area contributed by atoms with Crippen LogP contribution in [-0.2, 0) is 4.74 Å². The lowest BCUT2D eigenvalue weighted by molar-refractivity contribution is -0.0287. The van der Waals surface area contributed by atoms with Crippen LogP contribution in [-0.4, -0.2) is 23.0 Å². The second kappa shape index (κ2) is 7.39. The van der Waals surface area contributed by atoms with Crippen LogP contribution in [0.5, 0.6) is 0 Å². The number of esters is 1. The van der Waals surface area contributed by atoms with Crippen molar-refractivity contribution in [3.63, 3.8) is 0 Å². The Labute approximate surface area is 184 Å². The Bertz CT molecular complexity index is 936. The third-order valence-corrected chi connectivity index (χ3v) is 9.34. The van der Waals surface area contributed by atoms with Crippen molar-refractivity contribution in [1.29, 1.82) is 0 Å². The van der Waals surface area contributed by atoms with Gasteiger partial charge in [-0.25, -0.2) is 4.79 Å². The Morgan fingerprint density at radius 2 is 1.81 bits per heavy atom. The van der Waals surface area contributed by atoms with Gasteiger partial charge < -0.3 is 15.7 Å². The van der Waals surface area contributed by atoms with Crippen LogP contribution in [0.3, 0.4) is 0 Å². The van der Waals surface area contributed by atoms with Crippen LogP contribution < -0.4 is 5.73 Å². The molecule has 0 unspecified atom stereocenters. The summed E-state index contributed by atoms with van der Waals surface area (Å²) < 4.78 is 5.90. The molecule has 3 saturated carbocycles. The third kappa shape index (κ3) is 3.19. The van der Waals surface area contributed by atoms with Crippen molar-refractivity contribution in [2.24, 2.45) is 33.7 Å². The van der Waals surface area contributed by atoms with Crippen molar-refractivity contribution in [3.05, 3.63) is 41.5 Å². The molecule has 0 amide bonds. The van der Waals surface area contributed by atoms with Gasteiger partial charge in [0, 0.05) is 17.5 Å². The highest BCUT2D eigenvalue weighted by Crippen LogP contribution is 2.64. The standard InChI is InChI=1S/C26H34N2O3/c1-25-13-11-19(31-24(29)16-3-6-18(27)7-4-16)15-17(25)5-8-20-21-9-10-23(28-30)26(21,2)14-12-22(20)25/h3-7,19-22,30H,8-15,27H2,1-2H3/b28-23-/t19-,20-,21-,22-,25-,26-/m0/s1. The number of oxime groups is 1. The molecule has 4 aliphatic carbocycles. The van der Waals surface area contributed by atoms with Gasteiger partial charge in [0.05, 0.1) is 11.3 Å². The van der Waals surface area contributed by atoms with Gasteiger partial charge in [-0.3, -0.25) is 0 Å². The lowest BCUT2D eigenvalue weighted by Crippen LogP contribution is -2.50. The second-order valence-electron chi connectivity index (χ2n) is 10.7. The molecule has 3 fully saturated rings. The van der Waals surface area contributed by atoms with Crippen molar-refractivity contribution >= 4 is 17.4 Å². The molecule has 6 atom stereocenters. The van der Waals surface area contributed by atoms with Gasteiger partial charge in [-0.2, -0.15) is 0 Å². The van der Waals surface area contributed by atoms with Crippen LogP contribution in [0.15, 0.2) is 41.1 Å². The van der Waals surface area contributed by atoms with Gasteiger partial charge in [-0.15, -0.1) is 0 Å². The van der Waals surface area contributed by atoms with E-state index in [9.17, 15) is 10.0 Å². The predicted molar refractivity (Wildman–Crippen MR) is 121 cm³/mol. The molecule has 0 bridgehead atoms. The van der Waals surface area contributed by atoms with E-state index in [0.29, 0.717) is 29.0 Å². The van der Waals surface area contributed by atoms with Crippen LogP contribution in [0, 0.1) is 28.6 Å². The maximum absolute atomic E-state index is 12.6. The molecule has 1 aromatic carbocycles. The normalized spacial score (nSPS) is 40.5. The van der Waals surface area contributed by atoms with Gasteiger partial charge in [0.1, 0.15) is 6.10 Å². The first-order valence-corrected chi connectivity index (χ1v) is 11.8. The molecule has 1 aromatic rings. The monoisotopic (exact) mass is 422 g/mol. The summed E-state index contributed by atoms with van der Waals surface area (Å²) in [5, 5.41) is 13.2. The molecule has 0 radical (unpaired) electrons. The van der Waals surface area contributed by atoms with Crippen molar-refractivity contribution in [2.45, 2.75) is 71.3 Å². The summed E-state index contributed by atoms with van der Waals surface area (Å²) in [5.74, 6) is 1.71. The van der Waals surface area contributed by atoms with Gasteiger partial charge in [0.25, 0.3) is 0 Å². The number of nitrogen functional groups attached to an aromatic ring is 1. The van der Waals surface area contributed by atoms with E-state index in [1.54, 1.807) is 24.3 Å². The van der Waals surface area contributed by atoms with Crippen molar-refractivity contribution < 1.29 is 14.7 Å². The smallest absolute Gasteiger partial charge is 0.338 e. The molecule has 0 saturated heterocycles. The molecule has 0 heterocycles. The summed E-state index contributed by atoms with van der Waals surface area (Å²) >= 11 is 0. The summed E-state index contributed by atoms with van der Waals surface area (Å²) in [7, 11) is 0. The van der Waals surface area contributed by atoms with Crippen molar-refractivity contribution in [3.8, 4) is 0 Å². The zero-order valence-electron chi connectivity index (χ0n) is 18.6. The summed E-state index contributed by atoms with van der Waals surface area (Å²) in [6.45, 7) is 4.78. The fourth-order valence-corrected chi connectivity index (χ4v) is 7.52. The van der Waals surface area contributed by atoms with E-state index in [0.717, 1.165) is 50.7 Å². The quantitative estimate of drug-likeness (QED) is 0.214. The number of anilines is 1. The first-order chi connectivity index (χ1) is 14.8. The van der Waals surface area contributed by atoms with Crippen LogP contribution in [0.1, 0.15) is 75.6 Å². The fraction of sp³-hybridized carbons (Fsp3) is 0.615. The van der Waals surface area contributed by atoms with Gasteiger partial charge in [-0.05, 0) is 92.4 Å². The second-order valence-corrected chi connectivity index (χ2v) is 10.7. The molecule has 0 spiro atoms. The van der Waals surface area contributed by atoms with Gasteiger partial charge in [0.15, 0.2) is 0 Å². The molecule has 0 aromatic heterocycles. The number of rotatable bonds is 2. The minimum absolute atomic E-state index is 0.0469. The highest BCUT2D eigenvalue weighted by atomic mass is 16.5. The first kappa shape index (κ1) is 20.6. The summed E-state index contributed by atoms with van der Waals surface area (Å²) in [4.78, 5) is 12.6. The third-order valence-electron chi connectivity index (χ3n) is 9.34. The van der Waals surface area contributed by atoms with Crippen LogP contribution >= 0.6 is 0 Å². The summed E-state index contributed by atoms with van der Waals surface area (Å²) in [5.41, 5.74) is 9.73. The van der Waals surface area contributed by atoms with E-state index in [4.69, 9.17) is 10.5 Å². The molecule has 0 aliphatic heterocycles. The molecule has 4 aliphatic rings. The fourth-order valence-electron chi connectivity index (χ4n) is 7.52. The zero-order chi connectivity index (χ0) is 21.8. The van der Waals surface area contributed by atoms with Crippen LogP contribution in [0.2, 0.25) is 0 Å². The average molecular weight is 423 g/mol. The lowest BCUT2D eigenvalue weighted by Gasteiger charge is -2.57. The summed E-state index contributed by atoms with van der Waals surface area (Å²) in [6.07, 6.45) is 10.8. The van der Waals surface area contributed by atoms with Crippen molar-refractivity contribution in [2.75, 3.05) is 5.73 Å². The summed E-state index contributed by atoms with van der Waals surface area (Å²) in [6, 6.07) is 6.95. The van der Waals surface area contributed by atoms with E-state index in [-0.39, 0.29) is 22.9 Å². The van der Waals surface area contributed by atoms with Crippen molar-refractivity contribution in [1.82, 2.24) is 0 Å². The maximum atomic E-state index is 12.6. The highest BCUT2D eigenvalue weighted by molar-refractivity contribution is 5.92. The number of nitrogens with zero attached hydrogens (tertiary/aromatic N) is 1. The van der Waals surface area contributed by atoms with Gasteiger partial charge in [-0.1, -0.05) is 30.7 Å². The minimum Gasteiger partial charge on any atom is -0.458 e. The molecular formula is C26H34N2O3. The molecule has 166 valence electrons. The van der Waals surface area contributed by atoms with E-state index < -0.39 is 0 Å². The minimum atomic E-state index is -0.252. The number of hydrogen-bond donors (Lipinski definition) is 2. The SMILES string of the molecule is C[C@]12CC[C@H](OC(=O)c3ccc(N)cc3)CC1=CC[C@@H]1[C@@H]2CC[C@]2(C)/C(=N\O)CC[C@@H]12. The number of carbonyl (C=O) groups is 1. The number of nitrogens with two attached hydrogens (primary N) is 1. The number of carbonyl (C=O) groups excluding carboxylic acids is 1. The van der Waals surface area contributed by atoms with E-state index >= 15 is 0 Å². The average Bonchev–Trinajstić information content (AvgIpc) is 3.10.